The molecule has 1 atom stereocenters. The largest absolute Gasteiger partial charge is 0.360 e. The van der Waals surface area contributed by atoms with Gasteiger partial charge in [-0.15, -0.1) is 11.3 Å². The zero-order chi connectivity index (χ0) is 18.8. The van der Waals surface area contributed by atoms with Crippen LogP contribution >= 0.6 is 11.3 Å². The number of carbonyl (C=O) groups is 1. The molecule has 2 aromatic heterocycles. The number of amides is 1. The number of hydrogen-bond donors (Lipinski definition) is 2. The zero-order valence-electron chi connectivity index (χ0n) is 15.8. The molecular formula is C22H25N3OS. The summed E-state index contributed by atoms with van der Waals surface area (Å²) in [7, 11) is 0. The smallest absolute Gasteiger partial charge is 0.281 e. The molecule has 2 N–H and O–H groups in total. The molecule has 4 nitrogen and oxygen atoms in total. The number of nitrogens with zero attached hydrogens (tertiary/aromatic N) is 1. The maximum atomic E-state index is 12.5. The van der Waals surface area contributed by atoms with Crippen molar-refractivity contribution in [1.82, 2.24) is 10.4 Å². The first-order valence-corrected chi connectivity index (χ1v) is 10.5. The number of nitrogens with one attached hydrogen (secondary N) is 2. The van der Waals surface area contributed by atoms with Gasteiger partial charge in [0.2, 0.25) is 0 Å². The summed E-state index contributed by atoms with van der Waals surface area (Å²) in [5.74, 6) is 0.642. The van der Waals surface area contributed by atoms with Crippen molar-refractivity contribution in [3.63, 3.8) is 0 Å². The van der Waals surface area contributed by atoms with Crippen LogP contribution in [0.3, 0.4) is 0 Å². The number of aryl methyl sites for hydroxylation is 2. The van der Waals surface area contributed by atoms with Crippen molar-refractivity contribution in [3.8, 4) is 0 Å². The molecule has 140 valence electrons. The molecule has 27 heavy (non-hydrogen) atoms. The fourth-order valence-corrected chi connectivity index (χ4v) is 5.01. The summed E-state index contributed by atoms with van der Waals surface area (Å²) in [5.41, 5.74) is 7.46. The number of H-pyrrole nitrogens is 1. The van der Waals surface area contributed by atoms with Crippen molar-refractivity contribution < 1.29 is 4.79 Å². The van der Waals surface area contributed by atoms with Gasteiger partial charge in [-0.25, -0.2) is 5.43 Å². The van der Waals surface area contributed by atoms with Crippen molar-refractivity contribution >= 4 is 34.4 Å². The Kier molecular flexibility index (Phi) is 5.12. The summed E-state index contributed by atoms with van der Waals surface area (Å²) in [5, 5.41) is 5.32. The van der Waals surface area contributed by atoms with Crippen LogP contribution in [0.1, 0.15) is 57.9 Å². The SMILES string of the molecule is CCc1cccc2c(/C=N/NC(=O)c3cc4c(s3)CCC(CC)C4)c[nH]c12. The highest BCUT2D eigenvalue weighted by Gasteiger charge is 2.21. The van der Waals surface area contributed by atoms with Gasteiger partial charge >= 0.3 is 0 Å². The third-order valence-electron chi connectivity index (χ3n) is 5.57. The van der Waals surface area contributed by atoms with Gasteiger partial charge in [-0.1, -0.05) is 38.5 Å². The summed E-state index contributed by atoms with van der Waals surface area (Å²) >= 11 is 1.62. The van der Waals surface area contributed by atoms with Gasteiger partial charge in [0.05, 0.1) is 11.1 Å². The average molecular weight is 380 g/mol. The lowest BCUT2D eigenvalue weighted by Gasteiger charge is -2.19. The van der Waals surface area contributed by atoms with Crippen LogP contribution in [-0.2, 0) is 19.3 Å². The molecule has 1 aromatic carbocycles. The minimum absolute atomic E-state index is 0.118. The Balaban J connectivity index is 1.46. The fourth-order valence-electron chi connectivity index (χ4n) is 3.92. The Morgan fingerprint density at radius 1 is 1.41 bits per heavy atom. The molecule has 0 saturated carbocycles. The van der Waals surface area contributed by atoms with E-state index in [9.17, 15) is 4.79 Å². The van der Waals surface area contributed by atoms with E-state index in [1.165, 1.54) is 28.8 Å². The van der Waals surface area contributed by atoms with Crippen LogP contribution in [0.2, 0.25) is 0 Å². The van der Waals surface area contributed by atoms with E-state index in [1.807, 2.05) is 6.20 Å². The maximum Gasteiger partial charge on any atom is 0.281 e. The number of fused-ring (bicyclic) bond motifs is 2. The lowest BCUT2D eigenvalue weighted by molar-refractivity contribution is 0.0959. The van der Waals surface area contributed by atoms with Crippen LogP contribution in [-0.4, -0.2) is 17.1 Å². The monoisotopic (exact) mass is 379 g/mol. The molecule has 3 aromatic rings. The topological polar surface area (TPSA) is 57.2 Å². The maximum absolute atomic E-state index is 12.5. The van der Waals surface area contributed by atoms with Crippen LogP contribution < -0.4 is 5.43 Å². The predicted molar refractivity (Wildman–Crippen MR) is 113 cm³/mol. The fraction of sp³-hybridized carbons (Fsp3) is 0.364. The summed E-state index contributed by atoms with van der Waals surface area (Å²) in [6, 6.07) is 8.32. The van der Waals surface area contributed by atoms with E-state index < -0.39 is 0 Å². The molecular weight excluding hydrogens is 354 g/mol. The molecule has 1 aliphatic rings. The number of hydrogen-bond acceptors (Lipinski definition) is 3. The van der Waals surface area contributed by atoms with E-state index >= 15 is 0 Å². The summed E-state index contributed by atoms with van der Waals surface area (Å²) in [4.78, 5) is 17.9. The number of carbonyl (C=O) groups excluding carboxylic acids is 1. The second kappa shape index (κ2) is 7.69. The Morgan fingerprint density at radius 2 is 2.30 bits per heavy atom. The average Bonchev–Trinajstić information content (AvgIpc) is 3.31. The lowest BCUT2D eigenvalue weighted by atomic mass is 9.87. The third-order valence-corrected chi connectivity index (χ3v) is 6.81. The Labute approximate surface area is 163 Å². The molecule has 0 aliphatic heterocycles. The van der Waals surface area contributed by atoms with Gasteiger partial charge in [-0.2, -0.15) is 5.10 Å². The summed E-state index contributed by atoms with van der Waals surface area (Å²) in [6.07, 6.45) is 9.30. The Morgan fingerprint density at radius 3 is 3.11 bits per heavy atom. The standard InChI is InChI=1S/C22H25N3OS/c1-3-14-8-9-19-16(10-14)11-20(27-19)22(26)25-24-13-17-12-23-21-15(4-2)6-5-7-18(17)21/h5-7,11-14,23H,3-4,8-10H2,1-2H3,(H,25,26)/b24-13+. The van der Waals surface area contributed by atoms with Crippen LogP contribution in [0, 0.1) is 5.92 Å². The second-order valence-corrected chi connectivity index (χ2v) is 8.35. The molecule has 5 heteroatoms. The van der Waals surface area contributed by atoms with Crippen molar-refractivity contribution in [2.24, 2.45) is 11.0 Å². The molecule has 1 unspecified atom stereocenters. The number of aromatic amines is 1. The minimum atomic E-state index is -0.118. The molecule has 0 radical (unpaired) electrons. The number of hydrazone groups is 1. The minimum Gasteiger partial charge on any atom is -0.360 e. The van der Waals surface area contributed by atoms with Gasteiger partial charge < -0.3 is 4.98 Å². The number of rotatable bonds is 5. The van der Waals surface area contributed by atoms with Gasteiger partial charge in [0.25, 0.3) is 5.91 Å². The highest BCUT2D eigenvalue weighted by atomic mass is 32.1. The van der Waals surface area contributed by atoms with Crippen molar-refractivity contribution in [2.45, 2.75) is 46.0 Å². The lowest BCUT2D eigenvalue weighted by Crippen LogP contribution is -2.16. The van der Waals surface area contributed by atoms with Gasteiger partial charge in [0, 0.05) is 27.5 Å². The molecule has 0 fully saturated rings. The van der Waals surface area contributed by atoms with Gasteiger partial charge in [0.15, 0.2) is 0 Å². The zero-order valence-corrected chi connectivity index (χ0v) is 16.7. The van der Waals surface area contributed by atoms with Crippen molar-refractivity contribution in [3.05, 3.63) is 56.9 Å². The highest BCUT2D eigenvalue weighted by Crippen LogP contribution is 2.33. The third kappa shape index (κ3) is 3.56. The summed E-state index contributed by atoms with van der Waals surface area (Å²) < 4.78 is 0. The van der Waals surface area contributed by atoms with Crippen molar-refractivity contribution in [2.75, 3.05) is 0 Å². The molecule has 0 spiro atoms. The van der Waals surface area contributed by atoms with E-state index in [4.69, 9.17) is 0 Å². The van der Waals surface area contributed by atoms with Crippen molar-refractivity contribution in [1.29, 1.82) is 0 Å². The highest BCUT2D eigenvalue weighted by molar-refractivity contribution is 7.14. The Hall–Kier alpha value is -2.40. The van der Waals surface area contributed by atoms with Crippen LogP contribution in [0.25, 0.3) is 10.9 Å². The van der Waals surface area contributed by atoms with E-state index in [1.54, 1.807) is 17.6 Å². The van der Waals surface area contributed by atoms with Crippen LogP contribution in [0.4, 0.5) is 0 Å². The number of para-hydroxylation sites is 1. The number of benzene rings is 1. The van der Waals surface area contributed by atoms with Crippen LogP contribution in [0.15, 0.2) is 35.6 Å². The van der Waals surface area contributed by atoms with E-state index in [0.717, 1.165) is 46.5 Å². The molecule has 0 saturated heterocycles. The first kappa shape index (κ1) is 18.0. The molecule has 1 aliphatic carbocycles. The predicted octanol–water partition coefficient (Wildman–Crippen LogP) is 5.07. The van der Waals surface area contributed by atoms with Crippen LogP contribution in [0.5, 0.6) is 0 Å². The second-order valence-electron chi connectivity index (χ2n) is 7.21. The normalized spacial score (nSPS) is 16.7. The van der Waals surface area contributed by atoms with Gasteiger partial charge in [0.1, 0.15) is 0 Å². The molecule has 2 heterocycles. The summed E-state index contributed by atoms with van der Waals surface area (Å²) in [6.45, 7) is 4.39. The van der Waals surface area contributed by atoms with E-state index in [-0.39, 0.29) is 5.91 Å². The molecule has 4 rings (SSSR count). The molecule has 0 bridgehead atoms. The van der Waals surface area contributed by atoms with E-state index in [0.29, 0.717) is 0 Å². The molecule has 1 amide bonds. The van der Waals surface area contributed by atoms with E-state index in [2.05, 4.69) is 53.6 Å². The quantitative estimate of drug-likeness (QED) is 0.472. The number of thiophene rings is 1. The Bertz CT molecular complexity index is 998. The van der Waals surface area contributed by atoms with Gasteiger partial charge in [-0.05, 0) is 48.8 Å². The first-order chi connectivity index (χ1) is 13.2. The van der Waals surface area contributed by atoms with Gasteiger partial charge in [-0.3, -0.25) is 4.79 Å². The first-order valence-electron chi connectivity index (χ1n) is 9.73. The number of aromatic nitrogens is 1.